The molecule has 2 atom stereocenters. The fourth-order valence-corrected chi connectivity index (χ4v) is 2.66. The second kappa shape index (κ2) is 8.52. The molecule has 1 rings (SSSR count). The summed E-state index contributed by atoms with van der Waals surface area (Å²) in [7, 11) is 0. The van der Waals surface area contributed by atoms with Crippen LogP contribution in [0.3, 0.4) is 0 Å². The Morgan fingerprint density at radius 1 is 1.36 bits per heavy atom. The van der Waals surface area contributed by atoms with E-state index in [4.69, 9.17) is 5.26 Å². The number of nitrogens with one attached hydrogen (secondary N) is 1. The maximum atomic E-state index is 12.5. The zero-order valence-electron chi connectivity index (χ0n) is 13.6. The van der Waals surface area contributed by atoms with Crippen molar-refractivity contribution in [2.75, 3.05) is 13.1 Å². The third-order valence-corrected chi connectivity index (χ3v) is 3.75. The van der Waals surface area contributed by atoms with Crippen LogP contribution in [0.15, 0.2) is 0 Å². The molecule has 0 aromatic carbocycles. The molecule has 0 radical (unpaired) electrons. The lowest BCUT2D eigenvalue weighted by Gasteiger charge is -2.32. The maximum absolute atomic E-state index is 12.5. The Bertz CT molecular complexity index is 468. The summed E-state index contributed by atoms with van der Waals surface area (Å²) in [6, 6.07) is 1.69. The van der Waals surface area contributed by atoms with Gasteiger partial charge >= 0.3 is 0 Å². The van der Waals surface area contributed by atoms with E-state index in [9.17, 15) is 14.4 Å². The smallest absolute Gasteiger partial charge is 0.245 e. The molecule has 0 aliphatic carbocycles. The highest BCUT2D eigenvalue weighted by molar-refractivity contribution is 6.05. The van der Waals surface area contributed by atoms with Crippen molar-refractivity contribution in [1.29, 1.82) is 5.26 Å². The summed E-state index contributed by atoms with van der Waals surface area (Å²) < 4.78 is 0. The molecule has 1 saturated heterocycles. The number of ketones is 1. The molecule has 1 aliphatic heterocycles. The minimum absolute atomic E-state index is 0.0418. The van der Waals surface area contributed by atoms with Gasteiger partial charge in [-0.05, 0) is 33.1 Å². The average molecular weight is 307 g/mol. The largest absolute Gasteiger partial charge is 0.352 e. The number of carbonyl (C=O) groups is 3. The van der Waals surface area contributed by atoms with E-state index in [-0.39, 0.29) is 17.7 Å². The van der Waals surface area contributed by atoms with E-state index >= 15 is 0 Å². The Balaban J connectivity index is 2.72. The van der Waals surface area contributed by atoms with Gasteiger partial charge in [0.25, 0.3) is 0 Å². The van der Waals surface area contributed by atoms with E-state index in [0.29, 0.717) is 25.9 Å². The lowest BCUT2D eigenvalue weighted by Crippen LogP contribution is -2.46. The van der Waals surface area contributed by atoms with Crippen LogP contribution in [0.25, 0.3) is 0 Å². The first-order valence-corrected chi connectivity index (χ1v) is 7.92. The topological polar surface area (TPSA) is 90.3 Å². The molecule has 1 heterocycles. The van der Waals surface area contributed by atoms with E-state index in [1.165, 1.54) is 0 Å². The second-order valence-electron chi connectivity index (χ2n) is 6.06. The fraction of sp³-hybridized carbons (Fsp3) is 0.750. The molecule has 1 fully saturated rings. The van der Waals surface area contributed by atoms with Crippen molar-refractivity contribution in [3.63, 3.8) is 0 Å². The van der Waals surface area contributed by atoms with Gasteiger partial charge in [-0.3, -0.25) is 14.4 Å². The van der Waals surface area contributed by atoms with Crippen molar-refractivity contribution in [2.24, 2.45) is 11.8 Å². The number of Topliss-reactive ketones (excluding diaryl/α,β-unsaturated/α-hetero) is 1. The van der Waals surface area contributed by atoms with Gasteiger partial charge in [-0.25, -0.2) is 0 Å². The first kappa shape index (κ1) is 18.1. The highest BCUT2D eigenvalue weighted by Gasteiger charge is 2.35. The summed E-state index contributed by atoms with van der Waals surface area (Å²) in [5.41, 5.74) is 0. The second-order valence-corrected chi connectivity index (χ2v) is 6.06. The summed E-state index contributed by atoms with van der Waals surface area (Å²) in [5, 5.41) is 11.8. The van der Waals surface area contributed by atoms with Gasteiger partial charge in [-0.15, -0.1) is 0 Å². The first-order chi connectivity index (χ1) is 10.4. The number of hydrogen-bond donors (Lipinski definition) is 1. The molecule has 122 valence electrons. The van der Waals surface area contributed by atoms with Crippen molar-refractivity contribution in [3.8, 4) is 6.07 Å². The number of carbonyl (C=O) groups excluding carboxylic acids is 3. The summed E-state index contributed by atoms with van der Waals surface area (Å²) in [6.07, 6.45) is 2.60. The normalized spacial score (nSPS) is 19.4. The average Bonchev–Trinajstić information content (AvgIpc) is 2.47. The van der Waals surface area contributed by atoms with Crippen LogP contribution in [0.5, 0.6) is 0 Å². The third kappa shape index (κ3) is 4.83. The highest BCUT2D eigenvalue weighted by Crippen LogP contribution is 2.21. The number of likely N-dealkylation sites (tertiary alicyclic amines) is 1. The van der Waals surface area contributed by atoms with Crippen LogP contribution in [-0.2, 0) is 14.4 Å². The van der Waals surface area contributed by atoms with Crippen molar-refractivity contribution in [1.82, 2.24) is 10.2 Å². The Hall–Kier alpha value is -1.90. The standard InChI is InChI=1S/C16H25N3O3/c1-4-6-14(20)19-8-5-7-12(10-19)15(21)13(9-17)16(22)18-11(2)3/h11-13H,4-8,10H2,1-3H3,(H,18,22)/t12-,13-/m1/s1. The molecule has 0 spiro atoms. The lowest BCUT2D eigenvalue weighted by molar-refractivity contribution is -0.137. The van der Waals surface area contributed by atoms with Crippen LogP contribution in [0.1, 0.15) is 46.5 Å². The molecule has 0 saturated carbocycles. The minimum atomic E-state index is -1.28. The lowest BCUT2D eigenvalue weighted by atomic mass is 9.86. The summed E-state index contributed by atoms with van der Waals surface area (Å²) >= 11 is 0. The molecule has 0 aromatic rings. The number of hydrogen-bond acceptors (Lipinski definition) is 4. The number of nitriles is 1. The monoisotopic (exact) mass is 307 g/mol. The van der Waals surface area contributed by atoms with Crippen molar-refractivity contribution >= 4 is 17.6 Å². The zero-order chi connectivity index (χ0) is 16.7. The van der Waals surface area contributed by atoms with Crippen molar-refractivity contribution < 1.29 is 14.4 Å². The van der Waals surface area contributed by atoms with Gasteiger partial charge in [0.15, 0.2) is 11.7 Å². The summed E-state index contributed by atoms with van der Waals surface area (Å²) in [5.74, 6) is -2.57. The molecular formula is C16H25N3O3. The van der Waals surface area contributed by atoms with Crippen molar-refractivity contribution in [3.05, 3.63) is 0 Å². The minimum Gasteiger partial charge on any atom is -0.352 e. The SMILES string of the molecule is CCCC(=O)N1CCC[C@@H](C(=O)[C@@H](C#N)C(=O)NC(C)C)C1. The summed E-state index contributed by atoms with van der Waals surface area (Å²) in [6.45, 7) is 6.47. The number of piperidine rings is 1. The van der Waals surface area contributed by atoms with Crippen LogP contribution >= 0.6 is 0 Å². The number of nitrogens with zero attached hydrogens (tertiary/aromatic N) is 2. The molecule has 6 heteroatoms. The molecular weight excluding hydrogens is 282 g/mol. The van der Waals surface area contributed by atoms with Gasteiger partial charge < -0.3 is 10.2 Å². The molecule has 0 aromatic heterocycles. The van der Waals surface area contributed by atoms with E-state index in [2.05, 4.69) is 5.32 Å². The molecule has 0 unspecified atom stereocenters. The van der Waals surface area contributed by atoms with Gasteiger partial charge in [0.1, 0.15) is 0 Å². The number of rotatable bonds is 6. The summed E-state index contributed by atoms with van der Waals surface area (Å²) in [4.78, 5) is 38.0. The van der Waals surface area contributed by atoms with Crippen LogP contribution < -0.4 is 5.32 Å². The third-order valence-electron chi connectivity index (χ3n) is 3.75. The van der Waals surface area contributed by atoms with E-state index in [1.54, 1.807) is 18.7 Å². The molecule has 0 bridgehead atoms. The molecule has 6 nitrogen and oxygen atoms in total. The van der Waals surface area contributed by atoms with Gasteiger partial charge in [-0.1, -0.05) is 6.92 Å². The van der Waals surface area contributed by atoms with Gasteiger partial charge in [0, 0.05) is 31.5 Å². The van der Waals surface area contributed by atoms with E-state index in [0.717, 1.165) is 12.8 Å². The predicted molar refractivity (Wildman–Crippen MR) is 81.6 cm³/mol. The van der Waals surface area contributed by atoms with Crippen molar-refractivity contribution in [2.45, 2.75) is 52.5 Å². The molecule has 1 N–H and O–H groups in total. The van der Waals surface area contributed by atoms with Gasteiger partial charge in [0.2, 0.25) is 11.8 Å². The highest BCUT2D eigenvalue weighted by atomic mass is 16.2. The molecule has 1 aliphatic rings. The van der Waals surface area contributed by atoms with Crippen LogP contribution in [0, 0.1) is 23.2 Å². The quantitative estimate of drug-likeness (QED) is 0.748. The van der Waals surface area contributed by atoms with Crippen LogP contribution in [-0.4, -0.2) is 41.6 Å². The van der Waals surface area contributed by atoms with E-state index in [1.807, 2.05) is 13.0 Å². The number of amides is 2. The van der Waals surface area contributed by atoms with Gasteiger partial charge in [-0.2, -0.15) is 5.26 Å². The zero-order valence-corrected chi connectivity index (χ0v) is 13.6. The van der Waals surface area contributed by atoms with E-state index < -0.39 is 17.7 Å². The Kier molecular flexibility index (Phi) is 7.03. The fourth-order valence-electron chi connectivity index (χ4n) is 2.66. The Morgan fingerprint density at radius 3 is 2.59 bits per heavy atom. The van der Waals surface area contributed by atoms with Crippen LogP contribution in [0.4, 0.5) is 0 Å². The maximum Gasteiger partial charge on any atom is 0.245 e. The predicted octanol–water partition coefficient (Wildman–Crippen LogP) is 1.26. The van der Waals surface area contributed by atoms with Crippen LogP contribution in [0.2, 0.25) is 0 Å². The Morgan fingerprint density at radius 2 is 2.05 bits per heavy atom. The first-order valence-electron chi connectivity index (χ1n) is 7.92. The molecule has 22 heavy (non-hydrogen) atoms. The Labute approximate surface area is 131 Å². The van der Waals surface area contributed by atoms with Gasteiger partial charge in [0.05, 0.1) is 6.07 Å². The molecule has 2 amide bonds.